The molecule has 3 aromatic rings. The highest BCUT2D eigenvalue weighted by atomic mass is 35.5. The summed E-state index contributed by atoms with van der Waals surface area (Å²) in [4.78, 5) is 17.1. The fourth-order valence-electron chi connectivity index (χ4n) is 2.81. The molecule has 1 atom stereocenters. The van der Waals surface area contributed by atoms with Gasteiger partial charge in [-0.15, -0.1) is 0 Å². The number of halogens is 1. The maximum Gasteiger partial charge on any atom is 0.320 e. The molecule has 3 rings (SSSR count). The predicted molar refractivity (Wildman–Crippen MR) is 108 cm³/mol. The number of hydrogen-bond donors (Lipinski definition) is 2. The standard InChI is InChI=1S/C20H21ClN4O3/c1-25-8-7-22-19(25)18(13-9-16(27-2)12-17(10-13)28-3)24-20(26)23-15-6-4-5-14(21)11-15/h4-12,18H,1-3H3,(H2,23,24,26). The Hall–Kier alpha value is -3.19. The van der Waals surface area contributed by atoms with Crippen molar-refractivity contribution in [1.82, 2.24) is 14.9 Å². The summed E-state index contributed by atoms with van der Waals surface area (Å²) < 4.78 is 12.6. The molecule has 0 fully saturated rings. The van der Waals surface area contributed by atoms with E-state index in [1.165, 1.54) is 0 Å². The van der Waals surface area contributed by atoms with Gasteiger partial charge in [-0.1, -0.05) is 17.7 Å². The van der Waals surface area contributed by atoms with Gasteiger partial charge in [0.05, 0.1) is 14.2 Å². The average molecular weight is 401 g/mol. The van der Waals surface area contributed by atoms with Crippen molar-refractivity contribution in [3.05, 3.63) is 71.3 Å². The first-order valence-electron chi connectivity index (χ1n) is 8.53. The largest absolute Gasteiger partial charge is 0.497 e. The van der Waals surface area contributed by atoms with Crippen LogP contribution < -0.4 is 20.1 Å². The summed E-state index contributed by atoms with van der Waals surface area (Å²) in [5, 5.41) is 6.29. The minimum Gasteiger partial charge on any atom is -0.497 e. The number of amides is 2. The summed E-state index contributed by atoms with van der Waals surface area (Å²) in [6, 6.07) is 11.5. The predicted octanol–water partition coefficient (Wildman–Crippen LogP) is 4.00. The SMILES string of the molecule is COc1cc(OC)cc(C(NC(=O)Nc2cccc(Cl)c2)c2nccn2C)c1. The van der Waals surface area contributed by atoms with E-state index in [2.05, 4.69) is 15.6 Å². The molecule has 28 heavy (non-hydrogen) atoms. The van der Waals surface area contributed by atoms with E-state index >= 15 is 0 Å². The molecule has 1 unspecified atom stereocenters. The molecule has 0 saturated heterocycles. The molecule has 0 spiro atoms. The molecule has 1 aromatic heterocycles. The van der Waals surface area contributed by atoms with Crippen LogP contribution in [0.15, 0.2) is 54.9 Å². The van der Waals surface area contributed by atoms with E-state index in [9.17, 15) is 4.79 Å². The monoisotopic (exact) mass is 400 g/mol. The van der Waals surface area contributed by atoms with Crippen molar-refractivity contribution in [3.63, 3.8) is 0 Å². The van der Waals surface area contributed by atoms with Gasteiger partial charge in [0.2, 0.25) is 0 Å². The van der Waals surface area contributed by atoms with E-state index < -0.39 is 12.1 Å². The van der Waals surface area contributed by atoms with Gasteiger partial charge in [0.15, 0.2) is 0 Å². The number of ether oxygens (including phenoxy) is 2. The second-order valence-corrected chi connectivity index (χ2v) is 6.52. The maximum absolute atomic E-state index is 12.7. The molecule has 2 amide bonds. The average Bonchev–Trinajstić information content (AvgIpc) is 3.11. The number of hydrogen-bond acceptors (Lipinski definition) is 4. The van der Waals surface area contributed by atoms with Gasteiger partial charge in [0.1, 0.15) is 23.4 Å². The van der Waals surface area contributed by atoms with Crippen LogP contribution in [0.4, 0.5) is 10.5 Å². The number of benzene rings is 2. The molecular weight excluding hydrogens is 380 g/mol. The number of imidazole rings is 1. The summed E-state index contributed by atoms with van der Waals surface area (Å²) in [5.74, 6) is 1.90. The first-order valence-corrected chi connectivity index (χ1v) is 8.91. The van der Waals surface area contributed by atoms with E-state index in [0.29, 0.717) is 28.0 Å². The number of carbonyl (C=O) groups is 1. The molecular formula is C20H21ClN4O3. The van der Waals surface area contributed by atoms with Gasteiger partial charge in [-0.05, 0) is 35.9 Å². The summed E-state index contributed by atoms with van der Waals surface area (Å²) in [7, 11) is 5.02. The lowest BCUT2D eigenvalue weighted by atomic mass is 10.1. The van der Waals surface area contributed by atoms with Crippen molar-refractivity contribution < 1.29 is 14.3 Å². The third-order valence-electron chi connectivity index (χ3n) is 4.18. The second-order valence-electron chi connectivity index (χ2n) is 6.08. The van der Waals surface area contributed by atoms with Gasteiger partial charge in [0.25, 0.3) is 0 Å². The number of aromatic nitrogens is 2. The van der Waals surface area contributed by atoms with Crippen molar-refractivity contribution in [1.29, 1.82) is 0 Å². The molecule has 0 aliphatic heterocycles. The third-order valence-corrected chi connectivity index (χ3v) is 4.42. The van der Waals surface area contributed by atoms with Crippen LogP contribution in [0, 0.1) is 0 Å². The highest BCUT2D eigenvalue weighted by Gasteiger charge is 2.22. The third kappa shape index (κ3) is 4.55. The number of methoxy groups -OCH3 is 2. The minimum atomic E-state index is -0.525. The number of rotatable bonds is 6. The first kappa shape index (κ1) is 19.6. The number of urea groups is 1. The van der Waals surface area contributed by atoms with Crippen LogP contribution in [0.3, 0.4) is 0 Å². The molecule has 0 saturated carbocycles. The molecule has 2 N–H and O–H groups in total. The lowest BCUT2D eigenvalue weighted by molar-refractivity contribution is 0.249. The molecule has 146 valence electrons. The summed E-state index contributed by atoms with van der Waals surface area (Å²) in [6.07, 6.45) is 3.49. The van der Waals surface area contributed by atoms with Crippen LogP contribution in [0.2, 0.25) is 5.02 Å². The smallest absolute Gasteiger partial charge is 0.320 e. The Balaban J connectivity index is 1.92. The van der Waals surface area contributed by atoms with Gasteiger partial charge < -0.3 is 24.7 Å². The zero-order valence-electron chi connectivity index (χ0n) is 15.8. The van der Waals surface area contributed by atoms with Gasteiger partial charge >= 0.3 is 6.03 Å². The lowest BCUT2D eigenvalue weighted by Gasteiger charge is -2.21. The van der Waals surface area contributed by atoms with Crippen molar-refractivity contribution in [2.75, 3.05) is 19.5 Å². The van der Waals surface area contributed by atoms with Crippen LogP contribution in [-0.2, 0) is 7.05 Å². The van der Waals surface area contributed by atoms with Gasteiger partial charge in [-0.2, -0.15) is 0 Å². The topological polar surface area (TPSA) is 77.4 Å². The van der Waals surface area contributed by atoms with E-state index in [0.717, 1.165) is 5.56 Å². The van der Waals surface area contributed by atoms with Gasteiger partial charge in [-0.3, -0.25) is 0 Å². The lowest BCUT2D eigenvalue weighted by Crippen LogP contribution is -2.34. The van der Waals surface area contributed by atoms with Gasteiger partial charge in [0, 0.05) is 36.2 Å². The van der Waals surface area contributed by atoms with E-state index in [1.807, 2.05) is 29.9 Å². The zero-order chi connectivity index (χ0) is 20.1. The Bertz CT molecular complexity index is 951. The van der Waals surface area contributed by atoms with Crippen LogP contribution >= 0.6 is 11.6 Å². The zero-order valence-corrected chi connectivity index (χ0v) is 16.5. The van der Waals surface area contributed by atoms with E-state index in [4.69, 9.17) is 21.1 Å². The molecule has 1 heterocycles. The van der Waals surface area contributed by atoms with Gasteiger partial charge in [-0.25, -0.2) is 9.78 Å². The Labute approximate surface area is 168 Å². The maximum atomic E-state index is 12.7. The molecule has 0 radical (unpaired) electrons. The van der Waals surface area contributed by atoms with E-state index in [-0.39, 0.29) is 0 Å². The highest BCUT2D eigenvalue weighted by molar-refractivity contribution is 6.30. The molecule has 0 aliphatic rings. The van der Waals surface area contributed by atoms with Crippen molar-refractivity contribution in [3.8, 4) is 11.5 Å². The van der Waals surface area contributed by atoms with Crippen LogP contribution in [0.1, 0.15) is 17.4 Å². The fraction of sp³-hybridized carbons (Fsp3) is 0.200. The summed E-state index contributed by atoms with van der Waals surface area (Å²) in [6.45, 7) is 0. The number of anilines is 1. The first-order chi connectivity index (χ1) is 13.5. The minimum absolute atomic E-state index is 0.392. The summed E-state index contributed by atoms with van der Waals surface area (Å²) in [5.41, 5.74) is 1.36. The van der Waals surface area contributed by atoms with Crippen molar-refractivity contribution in [2.24, 2.45) is 7.05 Å². The van der Waals surface area contributed by atoms with Crippen LogP contribution in [-0.4, -0.2) is 29.8 Å². The van der Waals surface area contributed by atoms with Crippen molar-refractivity contribution in [2.45, 2.75) is 6.04 Å². The van der Waals surface area contributed by atoms with E-state index in [1.54, 1.807) is 50.7 Å². The number of aryl methyl sites for hydroxylation is 1. The molecule has 2 aromatic carbocycles. The Morgan fingerprint density at radius 3 is 2.43 bits per heavy atom. The van der Waals surface area contributed by atoms with Crippen molar-refractivity contribution >= 4 is 23.3 Å². The summed E-state index contributed by atoms with van der Waals surface area (Å²) >= 11 is 5.99. The Morgan fingerprint density at radius 1 is 1.14 bits per heavy atom. The van der Waals surface area contributed by atoms with Crippen LogP contribution in [0.5, 0.6) is 11.5 Å². The molecule has 0 bridgehead atoms. The molecule has 0 aliphatic carbocycles. The Kier molecular flexibility index (Phi) is 6.06. The number of carbonyl (C=O) groups excluding carboxylic acids is 1. The Morgan fingerprint density at radius 2 is 1.86 bits per heavy atom. The highest BCUT2D eigenvalue weighted by Crippen LogP contribution is 2.29. The number of nitrogens with one attached hydrogen (secondary N) is 2. The molecule has 8 heteroatoms. The fourth-order valence-corrected chi connectivity index (χ4v) is 3.00. The van der Waals surface area contributed by atoms with Crippen LogP contribution in [0.25, 0.3) is 0 Å². The molecule has 7 nitrogen and oxygen atoms in total. The number of nitrogens with zero attached hydrogens (tertiary/aromatic N) is 2. The quantitative estimate of drug-likeness (QED) is 0.655. The normalized spacial score (nSPS) is 11.6. The second kappa shape index (κ2) is 8.67.